The van der Waals surface area contributed by atoms with Gasteiger partial charge in [0.2, 0.25) is 11.8 Å². The molecule has 228 valence electrons. The number of hydrogen-bond acceptors (Lipinski definition) is 5. The molecule has 0 aliphatic heterocycles. The van der Waals surface area contributed by atoms with Gasteiger partial charge in [-0.1, -0.05) is 62.4 Å². The van der Waals surface area contributed by atoms with Crippen molar-refractivity contribution in [2.75, 3.05) is 19.6 Å². The van der Waals surface area contributed by atoms with E-state index in [1.54, 1.807) is 30.3 Å². The number of likely N-dealkylation sites (N-methyl/N-ethyl adjacent to an activating group) is 1. The first-order chi connectivity index (χ1) is 20.7. The molecule has 0 aliphatic rings. The van der Waals surface area contributed by atoms with Crippen molar-refractivity contribution < 1.29 is 23.6 Å². The molecular weight excluding hydrogens is 549 g/mol. The number of amides is 4. The Kier molecular flexibility index (Phi) is 12.8. The lowest BCUT2D eigenvalue weighted by Crippen LogP contribution is -2.52. The molecule has 3 aromatic rings. The maximum Gasteiger partial charge on any atom is 0.251 e. The molecule has 4 amide bonds. The fourth-order valence-corrected chi connectivity index (χ4v) is 4.48. The highest BCUT2D eigenvalue weighted by Gasteiger charge is 2.23. The number of carbonyl (C=O) groups is 4. The summed E-state index contributed by atoms with van der Waals surface area (Å²) in [5, 5.41) is 14.4. The van der Waals surface area contributed by atoms with Gasteiger partial charge in [0.25, 0.3) is 11.8 Å². The van der Waals surface area contributed by atoms with Crippen LogP contribution in [-0.2, 0) is 22.6 Å². The van der Waals surface area contributed by atoms with Gasteiger partial charge in [-0.15, -0.1) is 0 Å². The Balaban J connectivity index is 1.62. The number of carbonyl (C=O) groups excluding carboxylic acids is 4. The zero-order valence-electron chi connectivity index (χ0n) is 24.8. The first kappa shape index (κ1) is 32.9. The molecule has 2 atom stereocenters. The van der Waals surface area contributed by atoms with Crippen LogP contribution in [0.3, 0.4) is 0 Å². The molecular formula is C33H40FN5O4. The monoisotopic (exact) mass is 589 g/mol. The molecule has 0 fully saturated rings. The van der Waals surface area contributed by atoms with E-state index in [-0.39, 0.29) is 61.0 Å². The Morgan fingerprint density at radius 2 is 1.44 bits per heavy atom. The van der Waals surface area contributed by atoms with Crippen molar-refractivity contribution in [1.82, 2.24) is 26.6 Å². The molecule has 5 N–H and O–H groups in total. The van der Waals surface area contributed by atoms with E-state index in [0.717, 1.165) is 5.56 Å². The highest BCUT2D eigenvalue weighted by Crippen LogP contribution is 2.09. The molecule has 0 heterocycles. The maximum atomic E-state index is 13.5. The summed E-state index contributed by atoms with van der Waals surface area (Å²) in [5.74, 6) is -1.79. The minimum Gasteiger partial charge on any atom is -0.355 e. The van der Waals surface area contributed by atoms with E-state index in [9.17, 15) is 23.6 Å². The predicted octanol–water partition coefficient (Wildman–Crippen LogP) is 2.96. The second-order valence-electron chi connectivity index (χ2n) is 10.6. The van der Waals surface area contributed by atoms with E-state index in [1.807, 2.05) is 51.1 Å². The Labute approximate surface area is 252 Å². The fraction of sp³-hybridized carbons (Fsp3) is 0.333. The summed E-state index contributed by atoms with van der Waals surface area (Å²) >= 11 is 0. The van der Waals surface area contributed by atoms with Crippen LogP contribution < -0.4 is 26.6 Å². The number of hydrogen-bond donors (Lipinski definition) is 5. The van der Waals surface area contributed by atoms with Gasteiger partial charge in [-0.05, 0) is 60.7 Å². The molecule has 0 aliphatic carbocycles. The zero-order chi connectivity index (χ0) is 31.2. The summed E-state index contributed by atoms with van der Waals surface area (Å²) < 4.78 is 13.5. The second-order valence-corrected chi connectivity index (χ2v) is 10.6. The average molecular weight is 590 g/mol. The van der Waals surface area contributed by atoms with E-state index >= 15 is 0 Å². The van der Waals surface area contributed by atoms with Crippen molar-refractivity contribution in [2.24, 2.45) is 5.92 Å². The van der Waals surface area contributed by atoms with Crippen LogP contribution in [0.2, 0.25) is 0 Å². The van der Waals surface area contributed by atoms with E-state index < -0.39 is 6.04 Å². The molecule has 10 heteroatoms. The number of halogens is 1. The minimum atomic E-state index is -0.646. The van der Waals surface area contributed by atoms with Crippen LogP contribution in [0.25, 0.3) is 0 Å². The summed E-state index contributed by atoms with van der Waals surface area (Å²) in [4.78, 5) is 50.9. The lowest BCUT2D eigenvalue weighted by atomic mass is 10.0. The average Bonchev–Trinajstić information content (AvgIpc) is 2.99. The van der Waals surface area contributed by atoms with Crippen molar-refractivity contribution in [2.45, 2.75) is 45.8 Å². The van der Waals surface area contributed by atoms with Gasteiger partial charge in [-0.2, -0.15) is 0 Å². The third kappa shape index (κ3) is 11.0. The van der Waals surface area contributed by atoms with Crippen molar-refractivity contribution >= 4 is 23.6 Å². The largest absolute Gasteiger partial charge is 0.355 e. The zero-order valence-corrected chi connectivity index (χ0v) is 24.8. The topological polar surface area (TPSA) is 128 Å². The summed E-state index contributed by atoms with van der Waals surface area (Å²) in [6.45, 7) is 6.41. The standard InChI is InChI=1S/C33H40FN5O4/c1-4-36-33(43)30(22(2)3)39-29(40)21-35-20-28(17-23-10-6-5-7-11-23)38-32(42)26-14-9-13-25(18-26)31(41)37-19-24-12-8-15-27(34)16-24/h5-16,18,22,28,30,35H,4,17,19-21H2,1-3H3,(H,36,43)(H,37,41)(H,38,42)(H,39,40). The first-order valence-corrected chi connectivity index (χ1v) is 14.4. The maximum absolute atomic E-state index is 13.5. The predicted molar refractivity (Wildman–Crippen MR) is 164 cm³/mol. The highest BCUT2D eigenvalue weighted by atomic mass is 19.1. The lowest BCUT2D eigenvalue weighted by Gasteiger charge is -2.23. The van der Waals surface area contributed by atoms with E-state index in [4.69, 9.17) is 0 Å². The van der Waals surface area contributed by atoms with Crippen LogP contribution in [-0.4, -0.2) is 55.3 Å². The fourth-order valence-electron chi connectivity index (χ4n) is 4.48. The Hall–Kier alpha value is -4.57. The van der Waals surface area contributed by atoms with Crippen molar-refractivity contribution in [1.29, 1.82) is 0 Å². The minimum absolute atomic E-state index is 0.0369. The van der Waals surface area contributed by atoms with Crippen LogP contribution >= 0.6 is 0 Å². The van der Waals surface area contributed by atoms with Crippen molar-refractivity contribution in [3.63, 3.8) is 0 Å². The second kappa shape index (κ2) is 16.8. The third-order valence-corrected chi connectivity index (χ3v) is 6.68. The number of rotatable bonds is 15. The van der Waals surface area contributed by atoms with Gasteiger partial charge in [0.05, 0.1) is 6.54 Å². The molecule has 2 unspecified atom stereocenters. The first-order valence-electron chi connectivity index (χ1n) is 14.4. The van der Waals surface area contributed by atoms with Crippen LogP contribution in [0.4, 0.5) is 4.39 Å². The summed E-state index contributed by atoms with van der Waals surface area (Å²) in [7, 11) is 0. The molecule has 43 heavy (non-hydrogen) atoms. The summed E-state index contributed by atoms with van der Waals surface area (Å²) in [5.41, 5.74) is 2.22. The molecule has 3 aromatic carbocycles. The SMILES string of the molecule is CCNC(=O)C(NC(=O)CNCC(Cc1ccccc1)NC(=O)c1cccc(C(=O)NCc2cccc(F)c2)c1)C(C)C. The molecule has 9 nitrogen and oxygen atoms in total. The van der Waals surface area contributed by atoms with Crippen LogP contribution in [0.1, 0.15) is 52.6 Å². The molecule has 0 saturated heterocycles. The molecule has 3 rings (SSSR count). The molecule has 0 saturated carbocycles. The normalized spacial score (nSPS) is 12.2. The third-order valence-electron chi connectivity index (χ3n) is 6.68. The molecule has 0 aromatic heterocycles. The van der Waals surface area contributed by atoms with Crippen molar-refractivity contribution in [3.8, 4) is 0 Å². The van der Waals surface area contributed by atoms with Gasteiger partial charge in [-0.25, -0.2) is 4.39 Å². The van der Waals surface area contributed by atoms with Gasteiger partial charge in [0.15, 0.2) is 0 Å². The lowest BCUT2D eigenvalue weighted by molar-refractivity contribution is -0.129. The Morgan fingerprint density at radius 3 is 2.12 bits per heavy atom. The molecule has 0 bridgehead atoms. The van der Waals surface area contributed by atoms with Gasteiger partial charge in [0, 0.05) is 36.8 Å². The molecule has 0 radical (unpaired) electrons. The van der Waals surface area contributed by atoms with Gasteiger partial charge in [-0.3, -0.25) is 19.2 Å². The molecule has 0 spiro atoms. The smallest absolute Gasteiger partial charge is 0.251 e. The van der Waals surface area contributed by atoms with E-state index in [2.05, 4.69) is 26.6 Å². The van der Waals surface area contributed by atoms with Crippen molar-refractivity contribution in [3.05, 3.63) is 107 Å². The van der Waals surface area contributed by atoms with Gasteiger partial charge in [0.1, 0.15) is 11.9 Å². The number of benzene rings is 3. The number of nitrogens with one attached hydrogen (secondary N) is 5. The van der Waals surface area contributed by atoms with Crippen LogP contribution in [0.5, 0.6) is 0 Å². The Morgan fingerprint density at radius 1 is 0.767 bits per heavy atom. The van der Waals surface area contributed by atoms with Crippen LogP contribution in [0.15, 0.2) is 78.9 Å². The summed E-state index contributed by atoms with van der Waals surface area (Å²) in [6.07, 6.45) is 0.503. The summed E-state index contributed by atoms with van der Waals surface area (Å²) in [6, 6.07) is 20.9. The van der Waals surface area contributed by atoms with E-state index in [1.165, 1.54) is 18.2 Å². The Bertz CT molecular complexity index is 1380. The van der Waals surface area contributed by atoms with E-state index in [0.29, 0.717) is 29.7 Å². The quantitative estimate of drug-likeness (QED) is 0.186. The highest BCUT2D eigenvalue weighted by molar-refractivity contribution is 5.99. The van der Waals surface area contributed by atoms with Crippen LogP contribution in [0, 0.1) is 11.7 Å². The van der Waals surface area contributed by atoms with Gasteiger partial charge >= 0.3 is 0 Å². The van der Waals surface area contributed by atoms with Gasteiger partial charge < -0.3 is 26.6 Å².